The molecule has 2 N–H and O–H groups in total. The van der Waals surface area contributed by atoms with Gasteiger partial charge in [-0.3, -0.25) is 4.90 Å². The molecule has 18 heavy (non-hydrogen) atoms. The maximum atomic E-state index is 9.87. The summed E-state index contributed by atoms with van der Waals surface area (Å²) in [6, 6.07) is 0. The first kappa shape index (κ1) is 15.8. The van der Waals surface area contributed by atoms with Gasteiger partial charge in [0.05, 0.1) is 44.7 Å². The van der Waals surface area contributed by atoms with Crippen molar-refractivity contribution in [2.24, 2.45) is 0 Å². The van der Waals surface area contributed by atoms with Gasteiger partial charge in [-0.15, -0.1) is 0 Å². The lowest BCUT2D eigenvalue weighted by molar-refractivity contribution is -0.0764. The molecule has 6 heteroatoms. The van der Waals surface area contributed by atoms with Gasteiger partial charge in [0.15, 0.2) is 0 Å². The Bertz CT molecular complexity index is 217. The van der Waals surface area contributed by atoms with E-state index in [4.69, 9.17) is 19.3 Å². The number of aliphatic hydroxyl groups is 2. The Morgan fingerprint density at radius 3 is 2.89 bits per heavy atom. The van der Waals surface area contributed by atoms with Crippen LogP contribution in [0.1, 0.15) is 6.92 Å². The van der Waals surface area contributed by atoms with Gasteiger partial charge in [-0.05, 0) is 6.92 Å². The SMILES string of the molecule is COCC(C)OCC(O)CN1CCOC(CO)C1. The first-order valence-corrected chi connectivity index (χ1v) is 6.39. The molecule has 0 bridgehead atoms. The summed E-state index contributed by atoms with van der Waals surface area (Å²) in [6.07, 6.45) is -0.680. The average Bonchev–Trinajstić information content (AvgIpc) is 2.37. The molecule has 108 valence electrons. The summed E-state index contributed by atoms with van der Waals surface area (Å²) >= 11 is 0. The van der Waals surface area contributed by atoms with E-state index in [-0.39, 0.29) is 18.8 Å². The smallest absolute Gasteiger partial charge is 0.0932 e. The topological polar surface area (TPSA) is 71.4 Å². The van der Waals surface area contributed by atoms with Crippen molar-refractivity contribution in [1.82, 2.24) is 4.90 Å². The van der Waals surface area contributed by atoms with Gasteiger partial charge in [-0.25, -0.2) is 0 Å². The van der Waals surface area contributed by atoms with Crippen LogP contribution in [0.4, 0.5) is 0 Å². The Balaban J connectivity index is 2.16. The Morgan fingerprint density at radius 1 is 1.44 bits per heavy atom. The maximum absolute atomic E-state index is 9.87. The molecule has 1 aliphatic rings. The summed E-state index contributed by atoms with van der Waals surface area (Å²) in [4.78, 5) is 2.08. The number of morpholine rings is 1. The fourth-order valence-electron chi connectivity index (χ4n) is 1.97. The predicted molar refractivity (Wildman–Crippen MR) is 66.6 cm³/mol. The number of nitrogens with zero attached hydrogens (tertiary/aromatic N) is 1. The second kappa shape index (κ2) is 8.79. The minimum absolute atomic E-state index is 0.0143. The molecule has 0 aromatic heterocycles. The lowest BCUT2D eigenvalue weighted by Crippen LogP contribution is -2.47. The summed E-state index contributed by atoms with van der Waals surface area (Å²) in [5.41, 5.74) is 0. The molecule has 0 aromatic carbocycles. The minimum atomic E-state index is -0.526. The van der Waals surface area contributed by atoms with E-state index in [0.29, 0.717) is 32.9 Å². The van der Waals surface area contributed by atoms with Crippen molar-refractivity contribution in [3.05, 3.63) is 0 Å². The Morgan fingerprint density at radius 2 is 2.22 bits per heavy atom. The summed E-state index contributed by atoms with van der Waals surface area (Å²) in [5.74, 6) is 0. The number of aliphatic hydroxyl groups excluding tert-OH is 2. The third-order valence-corrected chi connectivity index (χ3v) is 2.87. The van der Waals surface area contributed by atoms with Crippen molar-refractivity contribution in [3.8, 4) is 0 Å². The van der Waals surface area contributed by atoms with Crippen molar-refractivity contribution >= 4 is 0 Å². The fourth-order valence-corrected chi connectivity index (χ4v) is 1.97. The Hall–Kier alpha value is -0.240. The Labute approximate surface area is 108 Å². The molecular formula is C12H25NO5. The molecule has 0 radical (unpaired) electrons. The molecule has 1 heterocycles. The van der Waals surface area contributed by atoms with Gasteiger partial charge in [0.1, 0.15) is 0 Å². The first-order valence-electron chi connectivity index (χ1n) is 6.39. The highest BCUT2D eigenvalue weighted by atomic mass is 16.5. The second-order valence-corrected chi connectivity index (χ2v) is 4.69. The lowest BCUT2D eigenvalue weighted by atomic mass is 10.2. The van der Waals surface area contributed by atoms with Gasteiger partial charge in [0.2, 0.25) is 0 Å². The van der Waals surface area contributed by atoms with E-state index in [2.05, 4.69) is 4.90 Å². The first-order chi connectivity index (χ1) is 8.65. The highest BCUT2D eigenvalue weighted by Gasteiger charge is 2.21. The van der Waals surface area contributed by atoms with E-state index in [1.165, 1.54) is 0 Å². The number of ether oxygens (including phenoxy) is 3. The number of hydrogen-bond acceptors (Lipinski definition) is 6. The monoisotopic (exact) mass is 263 g/mol. The van der Waals surface area contributed by atoms with Crippen LogP contribution in [0.15, 0.2) is 0 Å². The van der Waals surface area contributed by atoms with Crippen LogP contribution in [0.5, 0.6) is 0 Å². The normalized spacial score (nSPS) is 25.0. The van der Waals surface area contributed by atoms with E-state index >= 15 is 0 Å². The van der Waals surface area contributed by atoms with Crippen LogP contribution in [-0.4, -0.2) is 86.6 Å². The lowest BCUT2D eigenvalue weighted by Gasteiger charge is -2.33. The quantitative estimate of drug-likeness (QED) is 0.591. The predicted octanol–water partition coefficient (Wildman–Crippen LogP) is -0.908. The zero-order valence-corrected chi connectivity index (χ0v) is 11.2. The summed E-state index contributed by atoms with van der Waals surface area (Å²) in [6.45, 7) is 5.32. The molecule has 1 saturated heterocycles. The van der Waals surface area contributed by atoms with Crippen molar-refractivity contribution in [3.63, 3.8) is 0 Å². The molecule has 1 fully saturated rings. The second-order valence-electron chi connectivity index (χ2n) is 4.69. The van der Waals surface area contributed by atoms with Crippen molar-refractivity contribution in [1.29, 1.82) is 0 Å². The molecule has 3 unspecified atom stereocenters. The van der Waals surface area contributed by atoms with Gasteiger partial charge in [-0.2, -0.15) is 0 Å². The maximum Gasteiger partial charge on any atom is 0.0932 e. The summed E-state index contributed by atoms with van der Waals surface area (Å²) in [5, 5.41) is 18.9. The van der Waals surface area contributed by atoms with Gasteiger partial charge < -0.3 is 24.4 Å². The minimum Gasteiger partial charge on any atom is -0.394 e. The van der Waals surface area contributed by atoms with E-state index in [9.17, 15) is 5.11 Å². The highest BCUT2D eigenvalue weighted by molar-refractivity contribution is 4.73. The van der Waals surface area contributed by atoms with Crippen LogP contribution in [0.3, 0.4) is 0 Å². The standard InChI is InChI=1S/C12H25NO5/c1-10(8-16-2)18-9-11(15)5-13-3-4-17-12(6-13)7-14/h10-12,14-15H,3-9H2,1-2H3. The van der Waals surface area contributed by atoms with Crippen molar-refractivity contribution in [2.75, 3.05) is 53.2 Å². The van der Waals surface area contributed by atoms with E-state index < -0.39 is 6.10 Å². The largest absolute Gasteiger partial charge is 0.394 e. The van der Waals surface area contributed by atoms with Gasteiger partial charge in [-0.1, -0.05) is 0 Å². The van der Waals surface area contributed by atoms with Crippen LogP contribution in [0.25, 0.3) is 0 Å². The van der Waals surface area contributed by atoms with Gasteiger partial charge in [0, 0.05) is 26.7 Å². The molecular weight excluding hydrogens is 238 g/mol. The van der Waals surface area contributed by atoms with Crippen LogP contribution in [0, 0.1) is 0 Å². The summed E-state index contributed by atoms with van der Waals surface area (Å²) < 4.78 is 15.8. The van der Waals surface area contributed by atoms with E-state index in [0.717, 1.165) is 6.54 Å². The molecule has 3 atom stereocenters. The molecule has 0 aliphatic carbocycles. The number of β-amino-alcohol motifs (C(OH)–C–C–N with tert-alkyl or cyclic N) is 1. The zero-order chi connectivity index (χ0) is 13.4. The molecule has 6 nitrogen and oxygen atoms in total. The van der Waals surface area contributed by atoms with Crippen LogP contribution in [-0.2, 0) is 14.2 Å². The number of rotatable bonds is 8. The fraction of sp³-hybridized carbons (Fsp3) is 1.00. The van der Waals surface area contributed by atoms with E-state index in [1.54, 1.807) is 7.11 Å². The van der Waals surface area contributed by atoms with Crippen molar-refractivity contribution in [2.45, 2.75) is 25.2 Å². The number of methoxy groups -OCH3 is 1. The highest BCUT2D eigenvalue weighted by Crippen LogP contribution is 2.06. The zero-order valence-electron chi connectivity index (χ0n) is 11.2. The molecule has 0 saturated carbocycles. The average molecular weight is 263 g/mol. The van der Waals surface area contributed by atoms with Gasteiger partial charge in [0.25, 0.3) is 0 Å². The van der Waals surface area contributed by atoms with Crippen LogP contribution >= 0.6 is 0 Å². The third-order valence-electron chi connectivity index (χ3n) is 2.87. The molecule has 0 spiro atoms. The van der Waals surface area contributed by atoms with Crippen LogP contribution in [0.2, 0.25) is 0 Å². The number of hydrogen-bond donors (Lipinski definition) is 2. The summed E-state index contributed by atoms with van der Waals surface area (Å²) in [7, 11) is 1.62. The molecule has 0 aromatic rings. The molecule has 0 amide bonds. The van der Waals surface area contributed by atoms with Crippen molar-refractivity contribution < 1.29 is 24.4 Å². The van der Waals surface area contributed by atoms with Crippen LogP contribution < -0.4 is 0 Å². The van der Waals surface area contributed by atoms with Gasteiger partial charge >= 0.3 is 0 Å². The Kier molecular flexibility index (Phi) is 7.73. The molecule has 1 aliphatic heterocycles. The van der Waals surface area contributed by atoms with E-state index in [1.807, 2.05) is 6.92 Å². The third kappa shape index (κ3) is 6.08. The molecule has 1 rings (SSSR count).